The van der Waals surface area contributed by atoms with Crippen LogP contribution in [0.25, 0.3) is 16.5 Å². The number of benzene rings is 2. The summed E-state index contributed by atoms with van der Waals surface area (Å²) < 4.78 is 8.06. The van der Waals surface area contributed by atoms with E-state index in [-0.39, 0.29) is 17.6 Å². The van der Waals surface area contributed by atoms with Crippen LogP contribution >= 0.6 is 0 Å². The van der Waals surface area contributed by atoms with E-state index in [1.54, 1.807) is 6.20 Å². The maximum absolute atomic E-state index is 13.2. The van der Waals surface area contributed by atoms with Gasteiger partial charge in [0.25, 0.3) is 0 Å². The van der Waals surface area contributed by atoms with Crippen LogP contribution in [0, 0.1) is 6.92 Å². The molecule has 6 rings (SSSR count). The molecule has 0 bridgehead atoms. The normalized spacial score (nSPS) is 16.9. The number of carbonyl (C=O) groups excluding carboxylic acids is 1. The van der Waals surface area contributed by atoms with Crippen LogP contribution < -0.4 is 20.7 Å². The largest absolute Gasteiger partial charge is 0.474 e. The number of urea groups is 1. The fourth-order valence-electron chi connectivity index (χ4n) is 4.79. The van der Waals surface area contributed by atoms with Gasteiger partial charge in [-0.2, -0.15) is 5.10 Å². The molecule has 2 aromatic carbocycles. The molecular formula is C29H32N6O2. The Hall–Kier alpha value is -3.91. The Balaban J connectivity index is 1.25. The lowest BCUT2D eigenvalue weighted by molar-refractivity contribution is 0.158. The average molecular weight is 497 g/mol. The van der Waals surface area contributed by atoms with E-state index >= 15 is 0 Å². The number of fused-ring (bicyclic) bond motifs is 1. The van der Waals surface area contributed by atoms with E-state index in [9.17, 15) is 4.79 Å². The van der Waals surface area contributed by atoms with Crippen molar-refractivity contribution in [2.45, 2.75) is 51.0 Å². The Morgan fingerprint density at radius 1 is 1.05 bits per heavy atom. The lowest BCUT2D eigenvalue weighted by Crippen LogP contribution is -2.34. The molecule has 2 fully saturated rings. The van der Waals surface area contributed by atoms with Crippen LogP contribution in [0.3, 0.4) is 0 Å². The highest BCUT2D eigenvalue weighted by Crippen LogP contribution is 2.47. The molecule has 3 N–H and O–H groups in total. The summed E-state index contributed by atoms with van der Waals surface area (Å²) in [7, 11) is 0. The first-order valence-corrected chi connectivity index (χ1v) is 13.0. The third-order valence-electron chi connectivity index (χ3n) is 7.42. The van der Waals surface area contributed by atoms with Gasteiger partial charge in [-0.1, -0.05) is 42.8 Å². The van der Waals surface area contributed by atoms with Gasteiger partial charge in [0.05, 0.1) is 23.3 Å². The molecule has 0 radical (unpaired) electrons. The van der Waals surface area contributed by atoms with Crippen molar-refractivity contribution in [3.8, 4) is 11.6 Å². The van der Waals surface area contributed by atoms with Crippen molar-refractivity contribution in [3.63, 3.8) is 0 Å². The minimum atomic E-state index is -0.347. The van der Waals surface area contributed by atoms with Crippen LogP contribution in [-0.4, -0.2) is 40.0 Å². The predicted octanol–water partition coefficient (Wildman–Crippen LogP) is 5.56. The first-order valence-electron chi connectivity index (χ1n) is 13.0. The van der Waals surface area contributed by atoms with E-state index in [1.165, 1.54) is 5.56 Å². The molecule has 0 unspecified atom stereocenters. The summed E-state index contributed by atoms with van der Waals surface area (Å²) in [6.45, 7) is 6.16. The topological polar surface area (TPSA) is 93.1 Å². The summed E-state index contributed by atoms with van der Waals surface area (Å²) in [5, 5.41) is 16.0. The van der Waals surface area contributed by atoms with E-state index in [1.807, 2.05) is 59.3 Å². The maximum atomic E-state index is 13.2. The molecular weight excluding hydrogens is 464 g/mol. The molecule has 0 atom stereocenters. The van der Waals surface area contributed by atoms with E-state index < -0.39 is 0 Å². The summed E-state index contributed by atoms with van der Waals surface area (Å²) >= 11 is 0. The van der Waals surface area contributed by atoms with Crippen LogP contribution in [0.15, 0.2) is 60.8 Å². The fraction of sp³-hybridized carbons (Fsp3) is 0.345. The predicted molar refractivity (Wildman–Crippen MR) is 146 cm³/mol. The average Bonchev–Trinajstić information content (AvgIpc) is 3.53. The third kappa shape index (κ3) is 4.89. The van der Waals surface area contributed by atoms with Crippen molar-refractivity contribution < 1.29 is 9.53 Å². The van der Waals surface area contributed by atoms with E-state index in [4.69, 9.17) is 9.84 Å². The molecule has 8 heteroatoms. The SMILES string of the molecule is Cc1ccc(-n2nc(C3(C)CC3)cc2NC(=O)Nc2cnc(OC3CCNCC3)c3ccccc23)cc1. The number of pyridine rings is 1. The van der Waals surface area contributed by atoms with Gasteiger partial charge in [-0.15, -0.1) is 0 Å². The number of nitrogens with one attached hydrogen (secondary N) is 3. The van der Waals surface area contributed by atoms with Crippen LogP contribution in [-0.2, 0) is 5.41 Å². The van der Waals surface area contributed by atoms with Gasteiger partial charge < -0.3 is 15.4 Å². The quantitative estimate of drug-likeness (QED) is 0.325. The molecule has 37 heavy (non-hydrogen) atoms. The standard InChI is InChI=1S/C29H32N6O2/c1-19-7-9-20(10-8-19)35-26(17-25(34-35)29(2)13-14-29)33-28(36)32-24-18-31-27(23-6-4-3-5-22(23)24)37-21-11-15-30-16-12-21/h3-10,17-18,21,30H,11-16H2,1-2H3,(H2,32,33,36). The number of amides is 2. The zero-order valence-corrected chi connectivity index (χ0v) is 21.3. The van der Waals surface area contributed by atoms with Gasteiger partial charge in [0.2, 0.25) is 5.88 Å². The van der Waals surface area contributed by atoms with Gasteiger partial charge in [0, 0.05) is 22.3 Å². The second-order valence-corrected chi connectivity index (χ2v) is 10.4. The molecule has 2 amide bonds. The molecule has 2 aromatic heterocycles. The molecule has 3 heterocycles. The summed E-state index contributed by atoms with van der Waals surface area (Å²) in [4.78, 5) is 17.8. The zero-order chi connectivity index (χ0) is 25.4. The van der Waals surface area contributed by atoms with E-state index in [0.29, 0.717) is 17.4 Å². The smallest absolute Gasteiger partial charge is 0.324 e. The van der Waals surface area contributed by atoms with Crippen LogP contribution in [0.5, 0.6) is 5.88 Å². The number of rotatable bonds is 6. The molecule has 8 nitrogen and oxygen atoms in total. The maximum Gasteiger partial charge on any atom is 0.324 e. The number of aromatic nitrogens is 3. The molecule has 190 valence electrons. The molecule has 1 saturated heterocycles. The van der Waals surface area contributed by atoms with Gasteiger partial charge >= 0.3 is 6.03 Å². The molecule has 1 saturated carbocycles. The number of piperidine rings is 1. The number of anilines is 2. The van der Waals surface area contributed by atoms with Crippen molar-refractivity contribution in [1.82, 2.24) is 20.1 Å². The highest BCUT2D eigenvalue weighted by Gasteiger charge is 2.42. The van der Waals surface area contributed by atoms with Gasteiger partial charge in [0.1, 0.15) is 11.9 Å². The lowest BCUT2D eigenvalue weighted by Gasteiger charge is -2.24. The van der Waals surface area contributed by atoms with Crippen molar-refractivity contribution in [2.75, 3.05) is 23.7 Å². The molecule has 1 aliphatic carbocycles. The number of nitrogens with zero attached hydrogens (tertiary/aromatic N) is 3. The lowest BCUT2D eigenvalue weighted by atomic mass is 10.1. The Morgan fingerprint density at radius 2 is 1.78 bits per heavy atom. The monoisotopic (exact) mass is 496 g/mol. The van der Waals surface area contributed by atoms with Crippen LogP contribution in [0.1, 0.15) is 43.9 Å². The minimum absolute atomic E-state index is 0.0766. The first-order chi connectivity index (χ1) is 18.0. The molecule has 4 aromatic rings. The highest BCUT2D eigenvalue weighted by atomic mass is 16.5. The second kappa shape index (κ2) is 9.52. The van der Waals surface area contributed by atoms with Crippen LogP contribution in [0.4, 0.5) is 16.3 Å². The number of aryl methyl sites for hydroxylation is 1. The van der Waals surface area contributed by atoms with Gasteiger partial charge in [-0.3, -0.25) is 5.32 Å². The molecule has 1 aliphatic heterocycles. The number of ether oxygens (including phenoxy) is 1. The molecule has 2 aliphatic rings. The minimum Gasteiger partial charge on any atom is -0.474 e. The van der Waals surface area contributed by atoms with Gasteiger partial charge in [-0.25, -0.2) is 14.5 Å². The van der Waals surface area contributed by atoms with Gasteiger partial charge in [-0.05, 0) is 63.9 Å². The summed E-state index contributed by atoms with van der Waals surface area (Å²) in [5.74, 6) is 1.24. The fourth-order valence-corrected chi connectivity index (χ4v) is 4.79. The Morgan fingerprint density at radius 3 is 2.51 bits per heavy atom. The van der Waals surface area contributed by atoms with E-state index in [2.05, 4.69) is 34.8 Å². The van der Waals surface area contributed by atoms with Crippen molar-refractivity contribution >= 4 is 28.3 Å². The van der Waals surface area contributed by atoms with Crippen molar-refractivity contribution in [2.24, 2.45) is 0 Å². The Labute approximate surface area is 216 Å². The summed E-state index contributed by atoms with van der Waals surface area (Å²) in [6, 6.07) is 17.6. The van der Waals surface area contributed by atoms with E-state index in [0.717, 1.165) is 60.9 Å². The summed E-state index contributed by atoms with van der Waals surface area (Å²) in [5.41, 5.74) is 3.77. The van der Waals surface area contributed by atoms with Gasteiger partial charge in [0.15, 0.2) is 0 Å². The second-order valence-electron chi connectivity index (χ2n) is 10.4. The number of carbonyl (C=O) groups is 1. The Kier molecular flexibility index (Phi) is 6.04. The third-order valence-corrected chi connectivity index (χ3v) is 7.42. The number of hydrogen-bond acceptors (Lipinski definition) is 5. The summed E-state index contributed by atoms with van der Waals surface area (Å²) in [6.07, 6.45) is 5.93. The zero-order valence-electron chi connectivity index (χ0n) is 21.3. The van der Waals surface area contributed by atoms with Crippen molar-refractivity contribution in [1.29, 1.82) is 0 Å². The van der Waals surface area contributed by atoms with Crippen molar-refractivity contribution in [3.05, 3.63) is 72.1 Å². The molecule has 0 spiro atoms. The van der Waals surface area contributed by atoms with Crippen LogP contribution in [0.2, 0.25) is 0 Å². The highest BCUT2D eigenvalue weighted by molar-refractivity contribution is 6.06. The first kappa shape index (κ1) is 23.5. The number of hydrogen-bond donors (Lipinski definition) is 3. The Bertz CT molecular complexity index is 1430.